The first-order chi connectivity index (χ1) is 15.8. The third-order valence-electron chi connectivity index (χ3n) is 5.07. The molecule has 156 valence electrons. The fraction of sp³-hybridized carbons (Fsp3) is 0.0714. The van der Waals surface area contributed by atoms with E-state index >= 15 is 0 Å². The Morgan fingerprint density at radius 3 is 2.44 bits per heavy atom. The smallest absolute Gasteiger partial charge is 0.214 e. The first kappa shape index (κ1) is 20.9. The van der Waals surface area contributed by atoms with Crippen LogP contribution >= 0.6 is 0 Å². The number of ether oxygens (including phenoxy) is 1. The first-order valence-corrected chi connectivity index (χ1v) is 10.2. The summed E-state index contributed by atoms with van der Waals surface area (Å²) in [6.45, 7) is 0.446. The summed E-state index contributed by atoms with van der Waals surface area (Å²) in [7, 11) is 1.67. The van der Waals surface area contributed by atoms with Crippen LogP contribution in [-0.2, 0) is 11.3 Å². The minimum Gasteiger partial charge on any atom is -0.496 e. The summed E-state index contributed by atoms with van der Waals surface area (Å²) in [6.07, 6.45) is 4.28. The van der Waals surface area contributed by atoms with Crippen molar-refractivity contribution in [1.82, 2.24) is 4.98 Å². The van der Waals surface area contributed by atoms with Crippen molar-refractivity contribution in [3.63, 3.8) is 0 Å². The summed E-state index contributed by atoms with van der Waals surface area (Å²) in [6, 6.07) is 27.5. The van der Waals surface area contributed by atoms with E-state index in [9.17, 15) is 4.79 Å². The average Bonchev–Trinajstić information content (AvgIpc) is 2.87. The highest BCUT2D eigenvalue weighted by molar-refractivity contribution is 5.79. The van der Waals surface area contributed by atoms with Crippen LogP contribution < -0.4 is 9.64 Å². The summed E-state index contributed by atoms with van der Waals surface area (Å²) >= 11 is 0. The van der Waals surface area contributed by atoms with E-state index in [1.807, 2.05) is 84.9 Å². The van der Waals surface area contributed by atoms with Gasteiger partial charge in [0.15, 0.2) is 0 Å². The minimum atomic E-state index is 0.446. The molecule has 0 bridgehead atoms. The molecule has 0 fully saturated rings. The van der Waals surface area contributed by atoms with Gasteiger partial charge in [-0.15, -0.1) is 0 Å². The van der Waals surface area contributed by atoms with E-state index < -0.39 is 0 Å². The fourth-order valence-corrected chi connectivity index (χ4v) is 3.45. The largest absolute Gasteiger partial charge is 0.496 e. The zero-order valence-corrected chi connectivity index (χ0v) is 17.7. The van der Waals surface area contributed by atoms with Gasteiger partial charge in [0.05, 0.1) is 19.3 Å². The van der Waals surface area contributed by atoms with Crippen LogP contribution in [0, 0.1) is 11.8 Å². The van der Waals surface area contributed by atoms with Crippen molar-refractivity contribution in [2.45, 2.75) is 6.54 Å². The van der Waals surface area contributed by atoms with Gasteiger partial charge in [0.1, 0.15) is 5.75 Å². The maximum atomic E-state index is 12.0. The third-order valence-corrected chi connectivity index (χ3v) is 5.07. The monoisotopic (exact) mass is 418 g/mol. The normalized spacial score (nSPS) is 10.0. The average molecular weight is 418 g/mol. The molecule has 3 aromatic carbocycles. The number of benzene rings is 3. The number of pyridine rings is 1. The number of amides is 1. The molecule has 1 amide bonds. The molecule has 1 heterocycles. The number of nitrogens with zero attached hydrogens (tertiary/aromatic N) is 2. The molecule has 0 unspecified atom stereocenters. The molecule has 32 heavy (non-hydrogen) atoms. The van der Waals surface area contributed by atoms with Gasteiger partial charge in [-0.25, -0.2) is 0 Å². The predicted octanol–water partition coefficient (Wildman–Crippen LogP) is 5.32. The first-order valence-electron chi connectivity index (χ1n) is 10.2. The van der Waals surface area contributed by atoms with Gasteiger partial charge in [0, 0.05) is 29.1 Å². The molecule has 0 atom stereocenters. The molecule has 4 heteroatoms. The highest BCUT2D eigenvalue weighted by Gasteiger charge is 2.11. The van der Waals surface area contributed by atoms with Gasteiger partial charge in [-0.1, -0.05) is 66.4 Å². The second-order valence-electron chi connectivity index (χ2n) is 7.14. The molecule has 0 N–H and O–H groups in total. The molecule has 0 saturated carbocycles. The Hall–Kier alpha value is -4.36. The Morgan fingerprint density at radius 1 is 0.906 bits per heavy atom. The van der Waals surface area contributed by atoms with Crippen LogP contribution in [0.4, 0.5) is 5.69 Å². The molecule has 0 radical (unpaired) electrons. The highest BCUT2D eigenvalue weighted by atomic mass is 16.5. The quantitative estimate of drug-likeness (QED) is 0.314. The van der Waals surface area contributed by atoms with Gasteiger partial charge >= 0.3 is 0 Å². The van der Waals surface area contributed by atoms with E-state index in [0.29, 0.717) is 6.54 Å². The van der Waals surface area contributed by atoms with E-state index in [4.69, 9.17) is 4.74 Å². The van der Waals surface area contributed by atoms with Gasteiger partial charge in [-0.05, 0) is 41.5 Å². The Morgan fingerprint density at radius 2 is 1.69 bits per heavy atom. The molecule has 0 aliphatic heterocycles. The molecule has 0 aliphatic carbocycles. The summed E-state index contributed by atoms with van der Waals surface area (Å²) in [5, 5.41) is 0. The molecule has 1 aromatic heterocycles. The highest BCUT2D eigenvalue weighted by Crippen LogP contribution is 2.30. The zero-order chi connectivity index (χ0) is 22.2. The summed E-state index contributed by atoms with van der Waals surface area (Å²) in [4.78, 5) is 17.7. The van der Waals surface area contributed by atoms with Crippen molar-refractivity contribution in [3.05, 3.63) is 114 Å². The van der Waals surface area contributed by atoms with Crippen LogP contribution in [-0.4, -0.2) is 18.5 Å². The van der Waals surface area contributed by atoms with Crippen LogP contribution in [0.3, 0.4) is 0 Å². The van der Waals surface area contributed by atoms with Crippen LogP contribution in [0.1, 0.15) is 16.7 Å². The SMILES string of the molecule is COc1ccccc1-c1ccc(CN(C=O)c2ccccc2C#Cc2cccnc2)cc1. The van der Waals surface area contributed by atoms with Gasteiger partial charge in [0.25, 0.3) is 0 Å². The number of rotatable bonds is 6. The van der Waals surface area contributed by atoms with Crippen molar-refractivity contribution < 1.29 is 9.53 Å². The predicted molar refractivity (Wildman–Crippen MR) is 127 cm³/mol. The lowest BCUT2D eigenvalue weighted by Crippen LogP contribution is -2.21. The van der Waals surface area contributed by atoms with Crippen LogP contribution in [0.5, 0.6) is 5.75 Å². The van der Waals surface area contributed by atoms with Crippen molar-refractivity contribution >= 4 is 12.1 Å². The second-order valence-corrected chi connectivity index (χ2v) is 7.14. The molecule has 0 aliphatic rings. The molecule has 4 rings (SSSR count). The van der Waals surface area contributed by atoms with Gasteiger partial charge in [0.2, 0.25) is 6.41 Å². The van der Waals surface area contributed by atoms with Gasteiger partial charge < -0.3 is 9.64 Å². The number of methoxy groups -OCH3 is 1. The number of carbonyl (C=O) groups is 1. The van der Waals surface area contributed by atoms with Crippen molar-refractivity contribution in [2.24, 2.45) is 0 Å². The second kappa shape index (κ2) is 10.1. The third kappa shape index (κ3) is 4.85. The van der Waals surface area contributed by atoms with E-state index in [1.54, 1.807) is 24.4 Å². The van der Waals surface area contributed by atoms with Crippen molar-refractivity contribution in [3.8, 4) is 28.7 Å². The van der Waals surface area contributed by atoms with Crippen molar-refractivity contribution in [1.29, 1.82) is 0 Å². The van der Waals surface area contributed by atoms with E-state index in [-0.39, 0.29) is 0 Å². The van der Waals surface area contributed by atoms with Gasteiger partial charge in [-0.3, -0.25) is 9.78 Å². The van der Waals surface area contributed by atoms with Crippen LogP contribution in [0.15, 0.2) is 97.3 Å². The number of para-hydroxylation sites is 2. The summed E-state index contributed by atoms with van der Waals surface area (Å²) in [5.41, 5.74) is 5.50. The lowest BCUT2D eigenvalue weighted by atomic mass is 10.0. The summed E-state index contributed by atoms with van der Waals surface area (Å²) < 4.78 is 5.47. The minimum absolute atomic E-state index is 0.446. The van der Waals surface area contributed by atoms with E-state index in [1.165, 1.54) is 0 Å². The maximum absolute atomic E-state index is 12.0. The van der Waals surface area contributed by atoms with Crippen LogP contribution in [0.25, 0.3) is 11.1 Å². The summed E-state index contributed by atoms with van der Waals surface area (Å²) in [5.74, 6) is 7.11. The number of anilines is 1. The Bertz CT molecular complexity index is 1260. The molecular formula is C28H22N2O2. The lowest BCUT2D eigenvalue weighted by Gasteiger charge is -2.19. The lowest BCUT2D eigenvalue weighted by molar-refractivity contribution is -0.107. The maximum Gasteiger partial charge on any atom is 0.214 e. The van der Waals surface area contributed by atoms with Crippen LogP contribution in [0.2, 0.25) is 0 Å². The van der Waals surface area contributed by atoms with Crippen molar-refractivity contribution in [2.75, 3.05) is 12.0 Å². The number of carbonyl (C=O) groups excluding carboxylic acids is 1. The topological polar surface area (TPSA) is 42.4 Å². The molecule has 4 aromatic rings. The number of aromatic nitrogens is 1. The van der Waals surface area contributed by atoms with Gasteiger partial charge in [-0.2, -0.15) is 0 Å². The Balaban J connectivity index is 1.57. The number of hydrogen-bond acceptors (Lipinski definition) is 3. The molecule has 4 nitrogen and oxygen atoms in total. The standard InChI is InChI=1S/C28H22N2O2/c1-32-28-11-5-3-9-26(28)24-15-13-23(14-16-24)20-30(21-31)27-10-4-2-8-25(27)17-12-22-7-6-18-29-19-22/h2-11,13-16,18-19,21H,20H2,1H3. The number of hydrogen-bond donors (Lipinski definition) is 0. The fourth-order valence-electron chi connectivity index (χ4n) is 3.45. The Kier molecular flexibility index (Phi) is 6.60. The zero-order valence-electron chi connectivity index (χ0n) is 17.7. The molecule has 0 saturated heterocycles. The molecule has 0 spiro atoms. The van der Waals surface area contributed by atoms with E-state index in [0.717, 1.165) is 45.7 Å². The molecular weight excluding hydrogens is 396 g/mol. The Labute approximate surface area is 188 Å². The van der Waals surface area contributed by atoms with E-state index in [2.05, 4.69) is 16.8 Å².